The van der Waals surface area contributed by atoms with Crippen molar-refractivity contribution in [3.05, 3.63) is 65.7 Å². The lowest BCUT2D eigenvalue weighted by Crippen LogP contribution is -2.42. The number of urea groups is 1. The number of amides is 3. The summed E-state index contributed by atoms with van der Waals surface area (Å²) in [4.78, 5) is 35.2. The molecule has 0 saturated heterocycles. The van der Waals surface area contributed by atoms with Crippen LogP contribution >= 0.6 is 0 Å². The Kier molecular flexibility index (Phi) is 6.08. The number of carbonyl (C=O) groups excluding carboxylic acids is 3. The van der Waals surface area contributed by atoms with Crippen molar-refractivity contribution >= 4 is 18.2 Å². The van der Waals surface area contributed by atoms with E-state index >= 15 is 0 Å². The molecule has 0 spiro atoms. The van der Waals surface area contributed by atoms with Crippen LogP contribution in [0.4, 0.5) is 4.79 Å². The van der Waals surface area contributed by atoms with E-state index in [0.717, 1.165) is 0 Å². The minimum Gasteiger partial charge on any atom is -0.475 e. The first-order valence-corrected chi connectivity index (χ1v) is 7.50. The van der Waals surface area contributed by atoms with Gasteiger partial charge in [-0.2, -0.15) is 0 Å². The fourth-order valence-corrected chi connectivity index (χ4v) is 2.10. The van der Waals surface area contributed by atoms with E-state index in [1.54, 1.807) is 55.5 Å². The second-order valence-electron chi connectivity index (χ2n) is 4.91. The van der Waals surface area contributed by atoms with Crippen LogP contribution in [0.25, 0.3) is 0 Å². The largest absolute Gasteiger partial charge is 0.475 e. The van der Waals surface area contributed by atoms with E-state index in [4.69, 9.17) is 4.74 Å². The highest BCUT2D eigenvalue weighted by Crippen LogP contribution is 2.24. The van der Waals surface area contributed by atoms with E-state index in [1.807, 2.05) is 6.07 Å². The Morgan fingerprint density at radius 3 is 2.42 bits per heavy atom. The van der Waals surface area contributed by atoms with Crippen molar-refractivity contribution < 1.29 is 19.1 Å². The fraction of sp³-hybridized carbons (Fsp3) is 0.167. The minimum atomic E-state index is -1.06. The van der Waals surface area contributed by atoms with Crippen LogP contribution in [0.5, 0.6) is 5.75 Å². The maximum absolute atomic E-state index is 12.4. The predicted molar refractivity (Wildman–Crippen MR) is 88.9 cm³/mol. The van der Waals surface area contributed by atoms with Crippen molar-refractivity contribution in [1.82, 2.24) is 10.6 Å². The second kappa shape index (κ2) is 8.47. The van der Waals surface area contributed by atoms with Crippen LogP contribution in [-0.2, 0) is 4.79 Å². The third-order valence-corrected chi connectivity index (χ3v) is 3.21. The molecule has 2 rings (SSSR count). The molecule has 0 radical (unpaired) electrons. The lowest BCUT2D eigenvalue weighted by atomic mass is 10.1. The van der Waals surface area contributed by atoms with Gasteiger partial charge in [0.05, 0.1) is 5.56 Å². The van der Waals surface area contributed by atoms with Crippen molar-refractivity contribution in [3.8, 4) is 5.75 Å². The average Bonchev–Trinajstić information content (AvgIpc) is 2.60. The Morgan fingerprint density at radius 2 is 1.75 bits per heavy atom. The minimum absolute atomic E-state index is 0.271. The zero-order valence-corrected chi connectivity index (χ0v) is 13.2. The molecule has 2 N–H and O–H groups in total. The summed E-state index contributed by atoms with van der Waals surface area (Å²) < 4.78 is 5.74. The molecule has 0 aliphatic carbocycles. The molecule has 6 heteroatoms. The van der Waals surface area contributed by atoms with Gasteiger partial charge >= 0.3 is 6.03 Å². The van der Waals surface area contributed by atoms with Crippen LogP contribution in [0.1, 0.15) is 28.9 Å². The fourth-order valence-electron chi connectivity index (χ4n) is 2.10. The number of imide groups is 1. The Hall–Kier alpha value is -3.15. The van der Waals surface area contributed by atoms with Crippen LogP contribution in [-0.4, -0.2) is 24.8 Å². The van der Waals surface area contributed by atoms with E-state index in [1.165, 1.54) is 0 Å². The van der Waals surface area contributed by atoms with Crippen LogP contribution in [0, 0.1) is 0 Å². The van der Waals surface area contributed by atoms with Crippen molar-refractivity contribution in [3.63, 3.8) is 0 Å². The normalized spacial score (nSPS) is 11.2. The SMILES string of the molecule is CCNC(=O)NC(=O)[C@H](Oc1ccccc1C=O)c1ccccc1. The second-order valence-corrected chi connectivity index (χ2v) is 4.91. The summed E-state index contributed by atoms with van der Waals surface area (Å²) in [7, 11) is 0. The molecular weight excluding hydrogens is 308 g/mol. The molecule has 2 aromatic rings. The van der Waals surface area contributed by atoms with Crippen molar-refractivity contribution in [2.24, 2.45) is 0 Å². The van der Waals surface area contributed by atoms with E-state index in [0.29, 0.717) is 24.0 Å². The lowest BCUT2D eigenvalue weighted by Gasteiger charge is -2.19. The van der Waals surface area contributed by atoms with E-state index < -0.39 is 18.0 Å². The lowest BCUT2D eigenvalue weighted by molar-refractivity contribution is -0.127. The van der Waals surface area contributed by atoms with Gasteiger partial charge in [0.1, 0.15) is 5.75 Å². The number of rotatable bonds is 6. The van der Waals surface area contributed by atoms with Crippen LogP contribution < -0.4 is 15.4 Å². The molecule has 0 heterocycles. The van der Waals surface area contributed by atoms with E-state index in [9.17, 15) is 14.4 Å². The standard InChI is InChI=1S/C18H18N2O4/c1-2-19-18(23)20-17(22)16(13-8-4-3-5-9-13)24-15-11-7-6-10-14(15)12-21/h3-12,16H,2H2,1H3,(H2,19,20,22,23)/t16-/m1/s1. The number of benzene rings is 2. The third-order valence-electron chi connectivity index (χ3n) is 3.21. The maximum atomic E-state index is 12.4. The van der Waals surface area contributed by atoms with Gasteiger partial charge in [-0.3, -0.25) is 14.9 Å². The number of carbonyl (C=O) groups is 3. The predicted octanol–water partition coefficient (Wildman–Crippen LogP) is 2.46. The monoisotopic (exact) mass is 326 g/mol. The molecule has 2 aromatic carbocycles. The van der Waals surface area contributed by atoms with Crippen LogP contribution in [0.3, 0.4) is 0 Å². The highest BCUT2D eigenvalue weighted by Gasteiger charge is 2.25. The van der Waals surface area contributed by atoms with Gasteiger partial charge in [-0.1, -0.05) is 42.5 Å². The molecule has 0 fully saturated rings. The van der Waals surface area contributed by atoms with Crippen molar-refractivity contribution in [1.29, 1.82) is 0 Å². The first-order valence-electron chi connectivity index (χ1n) is 7.50. The molecule has 3 amide bonds. The number of aldehydes is 1. The Morgan fingerprint density at radius 1 is 1.08 bits per heavy atom. The highest BCUT2D eigenvalue weighted by atomic mass is 16.5. The summed E-state index contributed by atoms with van der Waals surface area (Å²) in [6.07, 6.45) is -0.408. The maximum Gasteiger partial charge on any atom is 0.321 e. The first-order chi connectivity index (χ1) is 11.7. The van der Waals surface area contributed by atoms with Gasteiger partial charge < -0.3 is 10.1 Å². The first kappa shape index (κ1) is 17.2. The Balaban J connectivity index is 2.28. The van der Waals surface area contributed by atoms with Gasteiger partial charge in [-0.25, -0.2) is 4.79 Å². The van der Waals surface area contributed by atoms with Crippen LogP contribution in [0.15, 0.2) is 54.6 Å². The zero-order chi connectivity index (χ0) is 17.4. The summed E-state index contributed by atoms with van der Waals surface area (Å²) in [5.74, 6) is -0.347. The van der Waals surface area contributed by atoms with Crippen LogP contribution in [0.2, 0.25) is 0 Å². The van der Waals surface area contributed by atoms with Crippen molar-refractivity contribution in [2.45, 2.75) is 13.0 Å². The number of ether oxygens (including phenoxy) is 1. The van der Waals surface area contributed by atoms with E-state index in [2.05, 4.69) is 10.6 Å². The topological polar surface area (TPSA) is 84.5 Å². The molecular formula is C18H18N2O4. The Labute approximate surface area is 139 Å². The van der Waals surface area contributed by atoms with Gasteiger partial charge in [0.15, 0.2) is 6.29 Å². The Bertz CT molecular complexity index is 716. The molecule has 124 valence electrons. The molecule has 0 aliphatic rings. The number of hydrogen-bond acceptors (Lipinski definition) is 4. The number of nitrogens with one attached hydrogen (secondary N) is 2. The summed E-state index contributed by atoms with van der Waals surface area (Å²) in [5, 5.41) is 4.72. The summed E-state index contributed by atoms with van der Waals surface area (Å²) in [6, 6.07) is 14.7. The van der Waals surface area contributed by atoms with Gasteiger partial charge in [0, 0.05) is 12.1 Å². The number of hydrogen-bond donors (Lipinski definition) is 2. The molecule has 24 heavy (non-hydrogen) atoms. The molecule has 1 atom stereocenters. The molecule has 0 aliphatic heterocycles. The molecule has 0 unspecified atom stereocenters. The molecule has 6 nitrogen and oxygen atoms in total. The van der Waals surface area contributed by atoms with Gasteiger partial charge in [0.25, 0.3) is 5.91 Å². The third kappa shape index (κ3) is 4.42. The van der Waals surface area contributed by atoms with Gasteiger partial charge in [-0.05, 0) is 19.1 Å². The zero-order valence-electron chi connectivity index (χ0n) is 13.2. The van der Waals surface area contributed by atoms with Crippen molar-refractivity contribution in [2.75, 3.05) is 6.54 Å². The molecule has 0 saturated carbocycles. The molecule has 0 aromatic heterocycles. The molecule has 0 bridgehead atoms. The smallest absolute Gasteiger partial charge is 0.321 e. The highest BCUT2D eigenvalue weighted by molar-refractivity contribution is 5.97. The van der Waals surface area contributed by atoms with Gasteiger partial charge in [-0.15, -0.1) is 0 Å². The average molecular weight is 326 g/mol. The quantitative estimate of drug-likeness (QED) is 0.799. The summed E-state index contributed by atoms with van der Waals surface area (Å²) in [5.41, 5.74) is 0.893. The van der Waals surface area contributed by atoms with Gasteiger partial charge in [0.2, 0.25) is 6.10 Å². The number of para-hydroxylation sites is 1. The van der Waals surface area contributed by atoms with E-state index in [-0.39, 0.29) is 5.75 Å². The summed E-state index contributed by atoms with van der Waals surface area (Å²) in [6.45, 7) is 2.14. The summed E-state index contributed by atoms with van der Waals surface area (Å²) >= 11 is 0.